The minimum atomic E-state index is -1.13. The molecule has 0 heterocycles. The van der Waals surface area contributed by atoms with E-state index in [9.17, 15) is 20.1 Å². The van der Waals surface area contributed by atoms with E-state index in [0.29, 0.717) is 12.8 Å². The van der Waals surface area contributed by atoms with Crippen LogP contribution >= 0.6 is 0 Å². The van der Waals surface area contributed by atoms with Crippen LogP contribution in [-0.2, 0) is 4.79 Å². The number of rotatable bonds is 45. The average Bonchev–Trinajstić information content (AvgIpc) is 3.16. The van der Waals surface area contributed by atoms with Crippen molar-refractivity contribution in [2.75, 3.05) is 6.61 Å². The zero-order valence-electron chi connectivity index (χ0n) is 36.2. The van der Waals surface area contributed by atoms with Gasteiger partial charge >= 0.3 is 0 Å². The fraction of sp³-hybridized carbons (Fsp3) is 0.979. The summed E-state index contributed by atoms with van der Waals surface area (Å²) in [4.78, 5) is 12.5. The summed E-state index contributed by atoms with van der Waals surface area (Å²) in [6, 6.07) is -0.802. The largest absolute Gasteiger partial charge is 0.394 e. The topological polar surface area (TPSA) is 89.8 Å². The summed E-state index contributed by atoms with van der Waals surface area (Å²) in [5, 5.41) is 33.6. The molecule has 0 unspecified atom stereocenters. The molecule has 3 atom stereocenters. The van der Waals surface area contributed by atoms with Gasteiger partial charge in [0.2, 0.25) is 5.91 Å². The molecule has 5 nitrogen and oxygen atoms in total. The molecule has 0 spiro atoms. The third-order valence-electron chi connectivity index (χ3n) is 11.7. The highest BCUT2D eigenvalue weighted by Gasteiger charge is 2.26. The predicted molar refractivity (Wildman–Crippen MR) is 232 cm³/mol. The number of hydrogen-bond donors (Lipinski definition) is 4. The third-order valence-corrected chi connectivity index (χ3v) is 11.7. The van der Waals surface area contributed by atoms with Crippen LogP contribution in [0.3, 0.4) is 0 Å². The van der Waals surface area contributed by atoms with Gasteiger partial charge in [0.25, 0.3) is 0 Å². The first-order valence-corrected chi connectivity index (χ1v) is 24.3. The lowest BCUT2D eigenvalue weighted by atomic mass is 9.99. The van der Waals surface area contributed by atoms with Gasteiger partial charge in [0.15, 0.2) is 0 Å². The molecule has 0 aliphatic rings. The smallest absolute Gasteiger partial charge is 0.220 e. The van der Waals surface area contributed by atoms with Crippen molar-refractivity contribution in [2.24, 2.45) is 0 Å². The lowest BCUT2D eigenvalue weighted by Crippen LogP contribution is -2.50. The van der Waals surface area contributed by atoms with Crippen LogP contribution in [0.1, 0.15) is 277 Å². The van der Waals surface area contributed by atoms with Crippen LogP contribution < -0.4 is 5.32 Å². The van der Waals surface area contributed by atoms with E-state index in [-0.39, 0.29) is 12.5 Å². The molecule has 0 rings (SSSR count). The molecule has 0 radical (unpaired) electrons. The Hall–Kier alpha value is -0.650. The van der Waals surface area contributed by atoms with Gasteiger partial charge in [0.05, 0.1) is 18.8 Å². The lowest BCUT2D eigenvalue weighted by Gasteiger charge is -2.26. The van der Waals surface area contributed by atoms with Crippen molar-refractivity contribution in [1.29, 1.82) is 0 Å². The molecular formula is C48H97NO4. The van der Waals surface area contributed by atoms with E-state index in [2.05, 4.69) is 19.2 Å². The number of amides is 1. The second kappa shape index (κ2) is 44.1. The van der Waals surface area contributed by atoms with Gasteiger partial charge < -0.3 is 20.6 Å². The molecule has 0 saturated heterocycles. The number of carbonyl (C=O) groups excluding carboxylic acids is 1. The normalized spacial score (nSPS) is 13.4. The highest BCUT2D eigenvalue weighted by molar-refractivity contribution is 5.76. The number of hydrogen-bond acceptors (Lipinski definition) is 4. The van der Waals surface area contributed by atoms with E-state index in [1.54, 1.807) is 0 Å². The Morgan fingerprint density at radius 2 is 0.642 bits per heavy atom. The Labute approximate surface area is 332 Å². The van der Waals surface area contributed by atoms with Crippen molar-refractivity contribution in [3.63, 3.8) is 0 Å². The first-order chi connectivity index (χ1) is 26.1. The fourth-order valence-electron chi connectivity index (χ4n) is 7.93. The summed E-state index contributed by atoms with van der Waals surface area (Å²) in [6.45, 7) is 4.20. The Balaban J connectivity index is 3.51. The third kappa shape index (κ3) is 39.4. The Kier molecular flexibility index (Phi) is 43.5. The predicted octanol–water partition coefficient (Wildman–Crippen LogP) is 14.2. The molecule has 53 heavy (non-hydrogen) atoms. The van der Waals surface area contributed by atoms with Crippen LogP contribution in [0.5, 0.6) is 0 Å². The number of aliphatic hydroxyl groups is 3. The van der Waals surface area contributed by atoms with Crippen LogP contribution in [0, 0.1) is 0 Å². The van der Waals surface area contributed by atoms with Gasteiger partial charge in [-0.2, -0.15) is 0 Å². The molecule has 0 aliphatic heterocycles. The molecule has 0 aromatic carbocycles. The second-order valence-corrected chi connectivity index (χ2v) is 17.0. The molecule has 0 aromatic heterocycles. The Bertz CT molecular complexity index is 703. The summed E-state index contributed by atoms with van der Waals surface area (Å²) in [6.07, 6.45) is 50.9. The zero-order valence-corrected chi connectivity index (χ0v) is 36.2. The monoisotopic (exact) mass is 752 g/mol. The van der Waals surface area contributed by atoms with Gasteiger partial charge in [-0.3, -0.25) is 4.79 Å². The van der Waals surface area contributed by atoms with Crippen molar-refractivity contribution in [2.45, 2.75) is 295 Å². The SMILES string of the molecule is CCCCCCCCCCCCCCCCCCCCCCCCCCCC(=O)N[C@@H](CO)[C@H](O)[C@H](O)CCCCCCCCCCCCCCCC. The molecule has 1 amide bonds. The van der Waals surface area contributed by atoms with Crippen LogP contribution in [0.4, 0.5) is 0 Å². The Morgan fingerprint density at radius 3 is 0.906 bits per heavy atom. The van der Waals surface area contributed by atoms with Gasteiger partial charge in [-0.05, 0) is 12.8 Å². The first kappa shape index (κ1) is 52.3. The van der Waals surface area contributed by atoms with E-state index in [1.165, 1.54) is 218 Å². The molecular weight excluding hydrogens is 655 g/mol. The van der Waals surface area contributed by atoms with Crippen LogP contribution in [0.2, 0.25) is 0 Å². The van der Waals surface area contributed by atoms with Crippen molar-refractivity contribution < 1.29 is 20.1 Å². The van der Waals surface area contributed by atoms with Crippen LogP contribution in [0.15, 0.2) is 0 Å². The summed E-state index contributed by atoms with van der Waals surface area (Å²) in [5.41, 5.74) is 0. The number of nitrogens with one attached hydrogen (secondary N) is 1. The van der Waals surface area contributed by atoms with Crippen LogP contribution in [-0.4, -0.2) is 46.1 Å². The van der Waals surface area contributed by atoms with Gasteiger partial charge in [-0.1, -0.05) is 258 Å². The summed E-state index contributed by atoms with van der Waals surface area (Å²) < 4.78 is 0. The van der Waals surface area contributed by atoms with Crippen molar-refractivity contribution in [3.05, 3.63) is 0 Å². The van der Waals surface area contributed by atoms with Crippen molar-refractivity contribution in [1.82, 2.24) is 5.32 Å². The molecule has 0 bridgehead atoms. The summed E-state index contributed by atoms with van der Waals surface area (Å²) in [7, 11) is 0. The summed E-state index contributed by atoms with van der Waals surface area (Å²) >= 11 is 0. The van der Waals surface area contributed by atoms with Crippen molar-refractivity contribution in [3.8, 4) is 0 Å². The van der Waals surface area contributed by atoms with Crippen molar-refractivity contribution >= 4 is 5.91 Å². The van der Waals surface area contributed by atoms with E-state index < -0.39 is 18.2 Å². The quantitative estimate of drug-likeness (QED) is 0.0466. The standard InChI is InChI=1S/C48H97NO4/c1-3-5-7-9-11-13-15-17-19-20-21-22-23-24-25-26-27-28-29-31-33-35-37-39-41-43-47(52)49-45(44-50)48(53)46(51)42-40-38-36-34-32-30-18-16-14-12-10-8-6-4-2/h45-46,48,50-51,53H,3-44H2,1-2H3,(H,49,52)/t45-,46+,48-/m0/s1. The van der Waals surface area contributed by atoms with E-state index in [0.717, 1.165) is 32.1 Å². The van der Waals surface area contributed by atoms with Gasteiger partial charge in [0, 0.05) is 6.42 Å². The number of aliphatic hydroxyl groups excluding tert-OH is 3. The highest BCUT2D eigenvalue weighted by Crippen LogP contribution is 2.18. The first-order valence-electron chi connectivity index (χ1n) is 24.3. The highest BCUT2D eigenvalue weighted by atomic mass is 16.3. The van der Waals surface area contributed by atoms with Gasteiger partial charge in [-0.15, -0.1) is 0 Å². The van der Waals surface area contributed by atoms with E-state index in [4.69, 9.17) is 0 Å². The van der Waals surface area contributed by atoms with Gasteiger partial charge in [-0.25, -0.2) is 0 Å². The molecule has 0 saturated carbocycles. The molecule has 318 valence electrons. The van der Waals surface area contributed by atoms with Crippen LogP contribution in [0.25, 0.3) is 0 Å². The fourth-order valence-corrected chi connectivity index (χ4v) is 7.93. The maximum absolute atomic E-state index is 12.5. The lowest BCUT2D eigenvalue weighted by molar-refractivity contribution is -0.124. The maximum atomic E-state index is 12.5. The molecule has 0 fully saturated rings. The average molecular weight is 752 g/mol. The molecule has 0 aromatic rings. The van der Waals surface area contributed by atoms with E-state index in [1.807, 2.05) is 0 Å². The maximum Gasteiger partial charge on any atom is 0.220 e. The molecule has 0 aliphatic carbocycles. The number of carbonyl (C=O) groups is 1. The minimum Gasteiger partial charge on any atom is -0.394 e. The van der Waals surface area contributed by atoms with Gasteiger partial charge in [0.1, 0.15) is 6.10 Å². The minimum absolute atomic E-state index is 0.138. The zero-order chi connectivity index (χ0) is 38.7. The Morgan fingerprint density at radius 1 is 0.396 bits per heavy atom. The second-order valence-electron chi connectivity index (χ2n) is 17.0. The number of unbranched alkanes of at least 4 members (excludes halogenated alkanes) is 37. The van der Waals surface area contributed by atoms with E-state index >= 15 is 0 Å². The molecule has 4 N–H and O–H groups in total. The summed E-state index contributed by atoms with van der Waals surface area (Å²) in [5.74, 6) is -0.138. The molecule has 5 heteroatoms.